The van der Waals surface area contributed by atoms with Crippen molar-refractivity contribution in [2.75, 3.05) is 26.9 Å². The molecule has 6 heteroatoms. The maximum atomic E-state index is 13.7. The fourth-order valence-electron chi connectivity index (χ4n) is 1.50. The van der Waals surface area contributed by atoms with Crippen LogP contribution in [0.25, 0.3) is 0 Å². The average molecular weight is 260 g/mol. The van der Waals surface area contributed by atoms with Gasteiger partial charge in [-0.05, 0) is 12.5 Å². The first-order chi connectivity index (χ1) is 8.61. The van der Waals surface area contributed by atoms with Gasteiger partial charge in [-0.1, -0.05) is 12.1 Å². The minimum atomic E-state index is -0.895. The number of methoxy groups -OCH3 is 1. The van der Waals surface area contributed by atoms with Crippen LogP contribution >= 0.6 is 0 Å². The van der Waals surface area contributed by atoms with E-state index in [1.54, 1.807) is 7.11 Å². The molecular formula is C12H18F2N2O2. The van der Waals surface area contributed by atoms with E-state index >= 15 is 0 Å². The zero-order valence-electron chi connectivity index (χ0n) is 10.5. The summed E-state index contributed by atoms with van der Waals surface area (Å²) in [5.41, 5.74) is 2.82. The maximum absolute atomic E-state index is 13.7. The van der Waals surface area contributed by atoms with E-state index in [0.717, 1.165) is 0 Å². The molecule has 1 unspecified atom stereocenters. The molecule has 3 N–H and O–H groups in total. The third kappa shape index (κ3) is 3.71. The Morgan fingerprint density at radius 1 is 1.28 bits per heavy atom. The van der Waals surface area contributed by atoms with Crippen LogP contribution < -0.4 is 11.3 Å². The van der Waals surface area contributed by atoms with Crippen LogP contribution in [0.3, 0.4) is 0 Å². The van der Waals surface area contributed by atoms with Crippen molar-refractivity contribution in [1.82, 2.24) is 5.43 Å². The highest BCUT2D eigenvalue weighted by Gasteiger charge is 2.18. The molecule has 4 nitrogen and oxygen atoms in total. The molecule has 18 heavy (non-hydrogen) atoms. The summed E-state index contributed by atoms with van der Waals surface area (Å²) in [5, 5.41) is 0. The van der Waals surface area contributed by atoms with Crippen LogP contribution in [-0.4, -0.2) is 26.9 Å². The molecule has 1 atom stereocenters. The second-order valence-corrected chi connectivity index (χ2v) is 3.89. The SMILES string of the molecule is COCCOCC(NN)c1ccc(C)c(F)c1F. The normalized spacial score (nSPS) is 12.7. The molecule has 102 valence electrons. The van der Waals surface area contributed by atoms with Gasteiger partial charge >= 0.3 is 0 Å². The first-order valence-electron chi connectivity index (χ1n) is 5.59. The molecule has 0 radical (unpaired) electrons. The van der Waals surface area contributed by atoms with E-state index in [2.05, 4.69) is 5.43 Å². The fraction of sp³-hybridized carbons (Fsp3) is 0.500. The first kappa shape index (κ1) is 15.0. The molecule has 1 aromatic rings. The number of nitrogens with two attached hydrogens (primary N) is 1. The molecular weight excluding hydrogens is 242 g/mol. The molecule has 0 aliphatic rings. The van der Waals surface area contributed by atoms with Gasteiger partial charge in [0, 0.05) is 12.7 Å². The van der Waals surface area contributed by atoms with Crippen LogP contribution in [0.4, 0.5) is 8.78 Å². The largest absolute Gasteiger partial charge is 0.382 e. The first-order valence-corrected chi connectivity index (χ1v) is 5.59. The lowest BCUT2D eigenvalue weighted by Crippen LogP contribution is -2.32. The van der Waals surface area contributed by atoms with E-state index < -0.39 is 17.7 Å². The van der Waals surface area contributed by atoms with Gasteiger partial charge < -0.3 is 9.47 Å². The quantitative estimate of drug-likeness (QED) is 0.442. The van der Waals surface area contributed by atoms with Gasteiger partial charge in [-0.15, -0.1) is 0 Å². The van der Waals surface area contributed by atoms with Crippen molar-refractivity contribution in [2.45, 2.75) is 13.0 Å². The number of hydrogen-bond donors (Lipinski definition) is 2. The molecule has 0 spiro atoms. The molecule has 1 aromatic carbocycles. The molecule has 0 saturated heterocycles. The molecule has 0 aliphatic heterocycles. The van der Waals surface area contributed by atoms with E-state index in [-0.39, 0.29) is 17.7 Å². The molecule has 0 aromatic heterocycles. The van der Waals surface area contributed by atoms with Crippen molar-refractivity contribution in [3.8, 4) is 0 Å². The van der Waals surface area contributed by atoms with E-state index in [4.69, 9.17) is 15.3 Å². The van der Waals surface area contributed by atoms with E-state index in [1.807, 2.05) is 0 Å². The lowest BCUT2D eigenvalue weighted by atomic mass is 10.0. The van der Waals surface area contributed by atoms with Crippen LogP contribution in [0.15, 0.2) is 12.1 Å². The van der Waals surface area contributed by atoms with Gasteiger partial charge in [0.2, 0.25) is 0 Å². The number of rotatable bonds is 7. The fourth-order valence-corrected chi connectivity index (χ4v) is 1.50. The van der Waals surface area contributed by atoms with Crippen molar-refractivity contribution in [1.29, 1.82) is 0 Å². The smallest absolute Gasteiger partial charge is 0.164 e. The summed E-state index contributed by atoms with van der Waals surface area (Å²) < 4.78 is 37.2. The molecule has 0 bridgehead atoms. The summed E-state index contributed by atoms with van der Waals surface area (Å²) >= 11 is 0. The number of hydrogen-bond acceptors (Lipinski definition) is 4. The van der Waals surface area contributed by atoms with E-state index in [1.165, 1.54) is 19.1 Å². The average Bonchev–Trinajstić information content (AvgIpc) is 2.38. The Morgan fingerprint density at radius 2 is 2.00 bits per heavy atom. The number of nitrogens with one attached hydrogen (secondary N) is 1. The van der Waals surface area contributed by atoms with Gasteiger partial charge in [-0.3, -0.25) is 11.3 Å². The highest BCUT2D eigenvalue weighted by atomic mass is 19.2. The zero-order valence-corrected chi connectivity index (χ0v) is 10.5. The number of benzene rings is 1. The monoisotopic (exact) mass is 260 g/mol. The second-order valence-electron chi connectivity index (χ2n) is 3.89. The molecule has 1 rings (SSSR count). The van der Waals surface area contributed by atoms with Crippen molar-refractivity contribution < 1.29 is 18.3 Å². The lowest BCUT2D eigenvalue weighted by molar-refractivity contribution is 0.0580. The van der Waals surface area contributed by atoms with Crippen LogP contribution in [0.2, 0.25) is 0 Å². The minimum Gasteiger partial charge on any atom is -0.382 e. The summed E-state index contributed by atoms with van der Waals surface area (Å²) in [4.78, 5) is 0. The second kappa shape index (κ2) is 7.38. The Kier molecular flexibility index (Phi) is 6.14. The Hall–Kier alpha value is -1.08. The molecule has 0 amide bonds. The maximum Gasteiger partial charge on any atom is 0.164 e. The predicted octanol–water partition coefficient (Wildman–Crippen LogP) is 1.44. The number of halogens is 2. The van der Waals surface area contributed by atoms with E-state index in [0.29, 0.717) is 13.2 Å². The number of aryl methyl sites for hydroxylation is 1. The summed E-state index contributed by atoms with van der Waals surface area (Å²) in [6.07, 6.45) is 0. The molecule has 0 aliphatic carbocycles. The Balaban J connectivity index is 2.73. The standard InChI is InChI=1S/C12H18F2N2O2/c1-8-3-4-9(12(14)11(8)13)10(16-15)7-18-6-5-17-2/h3-4,10,16H,5-7,15H2,1-2H3. The van der Waals surface area contributed by atoms with Gasteiger partial charge in [0.05, 0.1) is 25.9 Å². The van der Waals surface area contributed by atoms with Crippen LogP contribution in [0.1, 0.15) is 17.2 Å². The summed E-state index contributed by atoms with van der Waals surface area (Å²) in [5.74, 6) is 3.57. The topological polar surface area (TPSA) is 56.5 Å². The van der Waals surface area contributed by atoms with Crippen molar-refractivity contribution in [3.63, 3.8) is 0 Å². The molecule has 0 saturated carbocycles. The zero-order chi connectivity index (χ0) is 13.5. The molecule has 0 heterocycles. The summed E-state index contributed by atoms with van der Waals surface area (Å²) in [7, 11) is 1.55. The highest BCUT2D eigenvalue weighted by Crippen LogP contribution is 2.21. The summed E-state index contributed by atoms with van der Waals surface area (Å²) in [6.45, 7) is 2.44. The van der Waals surface area contributed by atoms with Gasteiger partial charge in [-0.25, -0.2) is 8.78 Å². The van der Waals surface area contributed by atoms with Crippen LogP contribution in [0.5, 0.6) is 0 Å². The van der Waals surface area contributed by atoms with Gasteiger partial charge in [-0.2, -0.15) is 0 Å². The minimum absolute atomic E-state index is 0.138. The van der Waals surface area contributed by atoms with Gasteiger partial charge in [0.15, 0.2) is 11.6 Å². The summed E-state index contributed by atoms with van der Waals surface area (Å²) in [6, 6.07) is 2.41. The lowest BCUT2D eigenvalue weighted by Gasteiger charge is -2.18. The molecule has 0 fully saturated rings. The Morgan fingerprint density at radius 3 is 2.61 bits per heavy atom. The number of ether oxygens (including phenoxy) is 2. The van der Waals surface area contributed by atoms with Crippen molar-refractivity contribution in [2.24, 2.45) is 5.84 Å². The van der Waals surface area contributed by atoms with Crippen LogP contribution in [-0.2, 0) is 9.47 Å². The van der Waals surface area contributed by atoms with Crippen LogP contribution in [0, 0.1) is 18.6 Å². The van der Waals surface area contributed by atoms with Crippen molar-refractivity contribution >= 4 is 0 Å². The highest BCUT2D eigenvalue weighted by molar-refractivity contribution is 5.27. The Labute approximate surface area is 105 Å². The van der Waals surface area contributed by atoms with Crippen molar-refractivity contribution in [3.05, 3.63) is 34.9 Å². The predicted molar refractivity (Wildman–Crippen MR) is 63.9 cm³/mol. The third-order valence-corrected chi connectivity index (χ3v) is 2.60. The Bertz CT molecular complexity index is 389. The third-order valence-electron chi connectivity index (χ3n) is 2.60. The van der Waals surface area contributed by atoms with Gasteiger partial charge in [0.1, 0.15) is 0 Å². The van der Waals surface area contributed by atoms with E-state index in [9.17, 15) is 8.78 Å². The van der Waals surface area contributed by atoms with Gasteiger partial charge in [0.25, 0.3) is 0 Å². The number of hydrazine groups is 1.